The van der Waals surface area contributed by atoms with Crippen LogP contribution in [0.4, 0.5) is 4.39 Å². The van der Waals surface area contributed by atoms with Crippen LogP contribution in [0.5, 0.6) is 0 Å². The summed E-state index contributed by atoms with van der Waals surface area (Å²) in [6, 6.07) is 0. The zero-order valence-corrected chi connectivity index (χ0v) is 11.0. The minimum absolute atomic E-state index is 0.328. The molecule has 0 N–H and O–H groups in total. The van der Waals surface area contributed by atoms with E-state index in [-0.39, 0.29) is 6.10 Å². The van der Waals surface area contributed by atoms with E-state index in [1.807, 2.05) is 13.8 Å². The van der Waals surface area contributed by atoms with Crippen LogP contribution in [0.1, 0.15) is 27.7 Å². The normalized spacial score (nSPS) is 49.5. The fourth-order valence-electron chi connectivity index (χ4n) is 2.76. The summed E-state index contributed by atoms with van der Waals surface area (Å²) in [5.74, 6) is -1.44. The molecule has 0 saturated carbocycles. The highest BCUT2D eigenvalue weighted by atomic mass is 19.1. The van der Waals surface area contributed by atoms with Crippen molar-refractivity contribution >= 4 is 0 Å². The van der Waals surface area contributed by atoms with Crippen LogP contribution in [-0.4, -0.2) is 49.0 Å². The molecular formula is C12H19FO5. The summed E-state index contributed by atoms with van der Waals surface area (Å²) in [4.78, 5) is 0. The first-order chi connectivity index (χ1) is 8.27. The molecule has 3 aliphatic rings. The maximum atomic E-state index is 13.8. The van der Waals surface area contributed by atoms with Crippen molar-refractivity contribution in [3.05, 3.63) is 0 Å². The van der Waals surface area contributed by atoms with Gasteiger partial charge in [0.25, 0.3) is 0 Å². The fourth-order valence-corrected chi connectivity index (χ4v) is 2.76. The lowest BCUT2D eigenvalue weighted by Gasteiger charge is -2.25. The van der Waals surface area contributed by atoms with Gasteiger partial charge in [0, 0.05) is 0 Å². The Bertz CT molecular complexity index is 345. The summed E-state index contributed by atoms with van der Waals surface area (Å²) >= 11 is 0. The first kappa shape index (κ1) is 12.7. The van der Waals surface area contributed by atoms with Gasteiger partial charge in [-0.25, -0.2) is 4.39 Å². The van der Waals surface area contributed by atoms with Crippen LogP contribution in [0, 0.1) is 0 Å². The van der Waals surface area contributed by atoms with Gasteiger partial charge < -0.3 is 23.7 Å². The molecule has 18 heavy (non-hydrogen) atoms. The van der Waals surface area contributed by atoms with Crippen molar-refractivity contribution in [1.29, 1.82) is 0 Å². The molecule has 3 aliphatic heterocycles. The van der Waals surface area contributed by atoms with E-state index in [2.05, 4.69) is 0 Å². The highest BCUT2D eigenvalue weighted by molar-refractivity contribution is 4.99. The largest absolute Gasteiger partial charge is 0.348 e. The summed E-state index contributed by atoms with van der Waals surface area (Å²) in [5, 5.41) is 0. The van der Waals surface area contributed by atoms with Crippen LogP contribution in [0.2, 0.25) is 0 Å². The Hall–Kier alpha value is -0.270. The number of alkyl halides is 1. The smallest absolute Gasteiger partial charge is 0.228 e. The van der Waals surface area contributed by atoms with Crippen molar-refractivity contribution in [3.63, 3.8) is 0 Å². The summed E-state index contributed by atoms with van der Waals surface area (Å²) in [6.45, 7) is 7.55. The number of ether oxygens (including phenoxy) is 5. The molecule has 0 unspecified atom stereocenters. The molecule has 0 bridgehead atoms. The van der Waals surface area contributed by atoms with Crippen molar-refractivity contribution in [2.45, 2.75) is 70.0 Å². The fraction of sp³-hybridized carbons (Fsp3) is 1.00. The van der Waals surface area contributed by atoms with Gasteiger partial charge in [0.15, 0.2) is 11.6 Å². The Balaban J connectivity index is 1.75. The Kier molecular flexibility index (Phi) is 2.74. The van der Waals surface area contributed by atoms with E-state index in [1.54, 1.807) is 13.8 Å². The van der Waals surface area contributed by atoms with E-state index in [0.717, 1.165) is 0 Å². The van der Waals surface area contributed by atoms with Crippen molar-refractivity contribution in [1.82, 2.24) is 0 Å². The highest BCUT2D eigenvalue weighted by Gasteiger charge is 2.59. The van der Waals surface area contributed by atoms with E-state index < -0.39 is 36.2 Å². The summed E-state index contributed by atoms with van der Waals surface area (Å²) in [7, 11) is 0. The molecule has 5 nitrogen and oxygen atoms in total. The third kappa shape index (κ3) is 2.06. The Morgan fingerprint density at radius 1 is 0.889 bits per heavy atom. The molecule has 0 aromatic heterocycles. The average molecular weight is 262 g/mol. The monoisotopic (exact) mass is 262 g/mol. The van der Waals surface area contributed by atoms with Gasteiger partial charge in [-0.2, -0.15) is 0 Å². The minimum atomic E-state index is -1.48. The molecule has 3 fully saturated rings. The van der Waals surface area contributed by atoms with Crippen LogP contribution >= 0.6 is 0 Å². The molecule has 6 heteroatoms. The zero-order chi connectivity index (χ0) is 13.1. The third-order valence-electron chi connectivity index (χ3n) is 3.43. The van der Waals surface area contributed by atoms with E-state index >= 15 is 0 Å². The standard InChI is InChI=1S/C12H19FO5/c1-11(2)14-5-6(16-11)7-8-9(10(13)15-7)18-12(3,4)17-8/h6-10H,5H2,1-4H3/t6-,7+,8-,9-,10-/m0/s1. The molecule has 5 atom stereocenters. The lowest BCUT2D eigenvalue weighted by molar-refractivity contribution is -0.221. The number of hydrogen-bond acceptors (Lipinski definition) is 5. The van der Waals surface area contributed by atoms with Gasteiger partial charge in [-0.1, -0.05) is 0 Å². The van der Waals surface area contributed by atoms with Crippen LogP contribution in [0.3, 0.4) is 0 Å². The van der Waals surface area contributed by atoms with Gasteiger partial charge >= 0.3 is 0 Å². The van der Waals surface area contributed by atoms with Gasteiger partial charge in [-0.3, -0.25) is 0 Å². The van der Waals surface area contributed by atoms with E-state index in [0.29, 0.717) is 6.61 Å². The third-order valence-corrected chi connectivity index (χ3v) is 3.43. The number of hydrogen-bond donors (Lipinski definition) is 0. The van der Waals surface area contributed by atoms with Gasteiger partial charge in [-0.15, -0.1) is 0 Å². The molecule has 3 rings (SSSR count). The van der Waals surface area contributed by atoms with Crippen LogP contribution in [0.25, 0.3) is 0 Å². The number of rotatable bonds is 1. The summed E-state index contributed by atoms with van der Waals surface area (Å²) < 4.78 is 41.5. The second-order valence-electron chi connectivity index (χ2n) is 5.88. The Labute approximate surface area is 105 Å². The highest BCUT2D eigenvalue weighted by Crippen LogP contribution is 2.42. The van der Waals surface area contributed by atoms with Crippen LogP contribution < -0.4 is 0 Å². The van der Waals surface area contributed by atoms with Crippen molar-refractivity contribution < 1.29 is 28.1 Å². The predicted molar refractivity (Wildman–Crippen MR) is 58.5 cm³/mol. The van der Waals surface area contributed by atoms with Gasteiger partial charge in [0.2, 0.25) is 6.36 Å². The summed E-state index contributed by atoms with van der Waals surface area (Å²) in [5.41, 5.74) is 0. The Morgan fingerprint density at radius 3 is 2.17 bits per heavy atom. The number of halogens is 1. The van der Waals surface area contributed by atoms with Crippen molar-refractivity contribution in [2.24, 2.45) is 0 Å². The lowest BCUT2D eigenvalue weighted by Crippen LogP contribution is -2.40. The molecule has 0 radical (unpaired) electrons. The summed E-state index contributed by atoms with van der Waals surface area (Å²) in [6.07, 6.45) is -3.43. The molecule has 0 spiro atoms. The van der Waals surface area contributed by atoms with Crippen molar-refractivity contribution in [3.8, 4) is 0 Å². The van der Waals surface area contributed by atoms with Gasteiger partial charge in [0.05, 0.1) is 6.61 Å². The van der Waals surface area contributed by atoms with Gasteiger partial charge in [-0.05, 0) is 27.7 Å². The minimum Gasteiger partial charge on any atom is -0.348 e. The average Bonchev–Trinajstić information content (AvgIpc) is 2.81. The molecule has 104 valence electrons. The maximum absolute atomic E-state index is 13.8. The molecule has 0 aromatic rings. The molecule has 3 heterocycles. The SMILES string of the molecule is CC1(C)O[C@H]2[C@@H]([C@@H]3COC(C)(C)O3)O[C@H](F)[C@H]2O1. The Morgan fingerprint density at radius 2 is 1.56 bits per heavy atom. The van der Waals surface area contributed by atoms with E-state index in [1.165, 1.54) is 0 Å². The maximum Gasteiger partial charge on any atom is 0.228 e. The first-order valence-electron chi connectivity index (χ1n) is 6.24. The van der Waals surface area contributed by atoms with Crippen LogP contribution in [0.15, 0.2) is 0 Å². The van der Waals surface area contributed by atoms with Gasteiger partial charge in [0.1, 0.15) is 24.4 Å². The molecule has 0 amide bonds. The molecule has 0 aromatic carbocycles. The quantitative estimate of drug-likeness (QED) is 0.714. The second-order valence-corrected chi connectivity index (χ2v) is 5.88. The topological polar surface area (TPSA) is 46.2 Å². The van der Waals surface area contributed by atoms with E-state index in [9.17, 15) is 4.39 Å². The first-order valence-corrected chi connectivity index (χ1v) is 6.24. The molecule has 0 aliphatic carbocycles. The number of fused-ring (bicyclic) bond motifs is 1. The molecular weight excluding hydrogens is 243 g/mol. The zero-order valence-electron chi connectivity index (χ0n) is 11.0. The van der Waals surface area contributed by atoms with Crippen molar-refractivity contribution in [2.75, 3.05) is 6.61 Å². The molecule has 3 saturated heterocycles. The lowest BCUT2D eigenvalue weighted by atomic mass is 10.1. The second kappa shape index (κ2) is 3.86. The predicted octanol–water partition coefficient (Wildman–Crippen LogP) is 1.35. The van der Waals surface area contributed by atoms with Crippen LogP contribution in [-0.2, 0) is 23.7 Å². The van der Waals surface area contributed by atoms with E-state index in [4.69, 9.17) is 23.7 Å².